The average molecular weight is 430 g/mol. The normalized spacial score (nSPS) is 19.8. The van der Waals surface area contributed by atoms with Crippen LogP contribution in [0.1, 0.15) is 44.6 Å². The minimum absolute atomic E-state index is 0.00378. The molecule has 6 nitrogen and oxygen atoms in total. The van der Waals surface area contributed by atoms with Crippen LogP contribution in [0.5, 0.6) is 0 Å². The fraction of sp³-hybridized carbons (Fsp3) is 0.471. The van der Waals surface area contributed by atoms with Crippen molar-refractivity contribution in [2.45, 2.75) is 43.5 Å². The number of amides is 1. The van der Waals surface area contributed by atoms with E-state index in [4.69, 9.17) is 0 Å². The van der Waals surface area contributed by atoms with Gasteiger partial charge >= 0.3 is 152 Å². The Bertz CT molecular complexity index is 759. The molecular weight excluding hydrogens is 409 g/mol. The van der Waals surface area contributed by atoms with E-state index in [2.05, 4.69) is 46.0 Å². The van der Waals surface area contributed by atoms with E-state index >= 15 is 0 Å². The van der Waals surface area contributed by atoms with Crippen LogP contribution < -0.4 is 9.03 Å². The molecule has 0 aliphatic heterocycles. The molecule has 0 spiro atoms. The van der Waals surface area contributed by atoms with Crippen molar-refractivity contribution in [3.05, 3.63) is 36.2 Å². The fourth-order valence-corrected chi connectivity index (χ4v) is 5.65. The van der Waals surface area contributed by atoms with E-state index in [1.165, 1.54) is 0 Å². The molecule has 24 heavy (non-hydrogen) atoms. The molecule has 1 aliphatic rings. The molecule has 2 atom stereocenters. The van der Waals surface area contributed by atoms with E-state index in [9.17, 15) is 4.79 Å². The number of carbonyl (C=O) groups excluding carboxylic acids is 1. The molecule has 0 bridgehead atoms. The van der Waals surface area contributed by atoms with E-state index < -0.39 is 21.1 Å². The van der Waals surface area contributed by atoms with Gasteiger partial charge in [0.05, 0.1) is 0 Å². The number of aromatic nitrogens is 4. The molecule has 2 radical (unpaired) electrons. The summed E-state index contributed by atoms with van der Waals surface area (Å²) in [6, 6.07) is 3.79. The maximum absolute atomic E-state index is 12.4. The zero-order chi connectivity index (χ0) is 17.3. The van der Waals surface area contributed by atoms with Gasteiger partial charge in [-0.25, -0.2) is 0 Å². The van der Waals surface area contributed by atoms with Crippen LogP contribution in [0.15, 0.2) is 24.7 Å². The number of anilines is 1. The predicted molar refractivity (Wildman–Crippen MR) is 93.4 cm³/mol. The van der Waals surface area contributed by atoms with Gasteiger partial charge in [-0.3, -0.25) is 0 Å². The second kappa shape index (κ2) is 6.74. The zero-order valence-electron chi connectivity index (χ0n) is 14.4. The van der Waals surface area contributed by atoms with Crippen molar-refractivity contribution in [3.63, 3.8) is 0 Å². The van der Waals surface area contributed by atoms with Crippen molar-refractivity contribution in [2.24, 2.45) is 5.92 Å². The molecule has 1 aliphatic carbocycles. The van der Waals surface area contributed by atoms with E-state index in [0.29, 0.717) is 9.25 Å². The molecule has 1 fully saturated rings. The van der Waals surface area contributed by atoms with Crippen LogP contribution in [0, 0.1) is 12.8 Å². The SMILES string of the molecule is Cc1ccnc([C@H]2C[C@@H]2C(=O)Nc2c[c]([Sn][C](C)(C)C)ncn2)n1. The molecular formula is C17H21N5OSn. The molecule has 7 heteroatoms. The fourth-order valence-electron chi connectivity index (χ4n) is 2.51. The summed E-state index contributed by atoms with van der Waals surface area (Å²) in [7, 11) is 0. The summed E-state index contributed by atoms with van der Waals surface area (Å²) >= 11 is -0.813. The predicted octanol–water partition coefficient (Wildman–Crippen LogP) is 1.87. The van der Waals surface area contributed by atoms with Crippen molar-refractivity contribution >= 4 is 36.6 Å². The molecule has 1 amide bonds. The quantitative estimate of drug-likeness (QED) is 0.750. The van der Waals surface area contributed by atoms with Crippen LogP contribution in [0.2, 0.25) is 3.43 Å². The first-order valence-electron chi connectivity index (χ1n) is 8.02. The Morgan fingerprint density at radius 1 is 1.29 bits per heavy atom. The summed E-state index contributed by atoms with van der Waals surface area (Å²) in [5, 5.41) is 2.93. The van der Waals surface area contributed by atoms with Crippen LogP contribution in [0.3, 0.4) is 0 Å². The first-order valence-corrected chi connectivity index (χ1v) is 10.9. The van der Waals surface area contributed by atoms with Gasteiger partial charge in [-0.1, -0.05) is 0 Å². The van der Waals surface area contributed by atoms with E-state index in [-0.39, 0.29) is 17.7 Å². The van der Waals surface area contributed by atoms with Gasteiger partial charge in [0, 0.05) is 0 Å². The number of aryl methyl sites for hydroxylation is 1. The van der Waals surface area contributed by atoms with Crippen molar-refractivity contribution < 1.29 is 4.79 Å². The number of carbonyl (C=O) groups is 1. The van der Waals surface area contributed by atoms with Gasteiger partial charge in [-0.2, -0.15) is 0 Å². The Labute approximate surface area is 152 Å². The summed E-state index contributed by atoms with van der Waals surface area (Å²) in [5.41, 5.74) is 0.930. The third-order valence-corrected chi connectivity index (χ3v) is 7.35. The van der Waals surface area contributed by atoms with Gasteiger partial charge in [-0.15, -0.1) is 0 Å². The molecule has 2 heterocycles. The first kappa shape index (κ1) is 17.3. The standard InChI is InChI=1S/C13H12N5O.C4H9.Sn/c1-8-2-5-15-12(17-8)9-6-10(9)13(19)18-11-3-4-14-7-16-11;1-4(2)3;/h2-3,5,7,9-10H,6H2,1H3,(H,14,16,18,19);1-3H3;/t9-,10-;;/m0../s1. The van der Waals surface area contributed by atoms with Crippen molar-refractivity contribution in [1.29, 1.82) is 0 Å². The van der Waals surface area contributed by atoms with Gasteiger partial charge in [0.1, 0.15) is 0 Å². The molecule has 124 valence electrons. The van der Waals surface area contributed by atoms with Crippen molar-refractivity contribution in [3.8, 4) is 0 Å². The third kappa shape index (κ3) is 4.49. The maximum atomic E-state index is 12.4. The molecule has 1 N–H and O–H groups in total. The molecule has 3 rings (SSSR count). The van der Waals surface area contributed by atoms with E-state index in [1.54, 1.807) is 12.5 Å². The summed E-state index contributed by atoms with van der Waals surface area (Å²) in [5.74, 6) is 1.42. The van der Waals surface area contributed by atoms with Gasteiger partial charge in [0.25, 0.3) is 0 Å². The van der Waals surface area contributed by atoms with Gasteiger partial charge < -0.3 is 0 Å². The summed E-state index contributed by atoms with van der Waals surface area (Å²) in [4.78, 5) is 29.7. The Balaban J connectivity index is 1.63. The number of hydrogen-bond acceptors (Lipinski definition) is 5. The molecule has 2 aromatic rings. The van der Waals surface area contributed by atoms with Crippen LogP contribution >= 0.6 is 0 Å². The molecule has 0 unspecified atom stereocenters. The number of rotatable bonds is 4. The third-order valence-electron chi connectivity index (χ3n) is 3.69. The summed E-state index contributed by atoms with van der Waals surface area (Å²) in [6.07, 6.45) is 4.09. The Morgan fingerprint density at radius 3 is 2.79 bits per heavy atom. The number of nitrogens with zero attached hydrogens (tertiary/aromatic N) is 4. The molecule has 0 saturated heterocycles. The summed E-state index contributed by atoms with van der Waals surface area (Å²) < 4.78 is 1.41. The first-order chi connectivity index (χ1) is 11.3. The molecule has 0 aromatic carbocycles. The van der Waals surface area contributed by atoms with Crippen molar-refractivity contribution in [2.75, 3.05) is 5.32 Å². The van der Waals surface area contributed by atoms with Crippen LogP contribution in [0.25, 0.3) is 0 Å². The Kier molecular flexibility index (Phi) is 4.85. The van der Waals surface area contributed by atoms with Crippen LogP contribution in [-0.4, -0.2) is 47.0 Å². The second-order valence-electron chi connectivity index (χ2n) is 7.16. The summed E-state index contributed by atoms with van der Waals surface area (Å²) in [6.45, 7) is 8.63. The Hall–Kier alpha value is -1.57. The van der Waals surface area contributed by atoms with E-state index in [1.807, 2.05) is 19.1 Å². The van der Waals surface area contributed by atoms with Crippen LogP contribution in [0.4, 0.5) is 5.82 Å². The molecule has 1 saturated carbocycles. The number of nitrogens with one attached hydrogen (secondary N) is 1. The van der Waals surface area contributed by atoms with Crippen LogP contribution in [-0.2, 0) is 4.79 Å². The minimum atomic E-state index is -0.813. The average Bonchev–Trinajstić information content (AvgIpc) is 3.26. The molecule has 2 aromatic heterocycles. The second-order valence-corrected chi connectivity index (χ2v) is 13.6. The van der Waals surface area contributed by atoms with Gasteiger partial charge in [0.2, 0.25) is 0 Å². The van der Waals surface area contributed by atoms with Gasteiger partial charge in [-0.05, 0) is 0 Å². The van der Waals surface area contributed by atoms with E-state index in [0.717, 1.165) is 21.6 Å². The monoisotopic (exact) mass is 431 g/mol. The topological polar surface area (TPSA) is 80.7 Å². The van der Waals surface area contributed by atoms with Gasteiger partial charge in [0.15, 0.2) is 0 Å². The van der Waals surface area contributed by atoms with Crippen molar-refractivity contribution in [1.82, 2.24) is 19.9 Å². The zero-order valence-corrected chi connectivity index (χ0v) is 17.2. The Morgan fingerprint density at radius 2 is 2.08 bits per heavy atom. The number of hydrogen-bond donors (Lipinski definition) is 1.